The largest absolute Gasteiger partial charge is 0.463 e. The number of hydrogen-bond donors (Lipinski definition) is 4. The number of hydrogen-bond acceptors (Lipinski definition) is 8. The van der Waals surface area contributed by atoms with Crippen LogP contribution in [0.1, 0.15) is 143 Å². The lowest BCUT2D eigenvalue weighted by atomic mass is 10.0. The fourth-order valence-corrected chi connectivity index (χ4v) is 4.89. The molecule has 4 N–H and O–H groups in total. The molecule has 8 nitrogen and oxygen atoms in total. The summed E-state index contributed by atoms with van der Waals surface area (Å²) in [6.45, 7) is 6.20. The predicted molar refractivity (Wildman–Crippen MR) is 191 cm³/mol. The average molecular weight is 665 g/mol. The van der Waals surface area contributed by atoms with Crippen molar-refractivity contribution in [3.8, 4) is 0 Å². The molecule has 0 fully saturated rings. The van der Waals surface area contributed by atoms with Gasteiger partial charge in [-0.05, 0) is 31.6 Å². The quantitative estimate of drug-likeness (QED) is 0.0335. The van der Waals surface area contributed by atoms with Crippen LogP contribution in [0.15, 0.2) is 48.6 Å². The Morgan fingerprint density at radius 2 is 1.02 bits per heavy atom. The third-order valence-electron chi connectivity index (χ3n) is 7.86. The van der Waals surface area contributed by atoms with Crippen LogP contribution in [0.3, 0.4) is 0 Å². The normalized spacial score (nSPS) is 14.9. The van der Waals surface area contributed by atoms with Crippen LogP contribution >= 0.6 is 0 Å². The van der Waals surface area contributed by atoms with E-state index in [-0.39, 0.29) is 32.0 Å². The lowest BCUT2D eigenvalue weighted by Gasteiger charge is -2.14. The lowest BCUT2D eigenvalue weighted by molar-refractivity contribution is -0.152. The maximum atomic E-state index is 12.0. The monoisotopic (exact) mass is 664 g/mol. The molecule has 0 rings (SSSR count). The topological polar surface area (TPSA) is 134 Å². The van der Waals surface area contributed by atoms with Gasteiger partial charge in [0.05, 0.1) is 18.3 Å². The van der Waals surface area contributed by atoms with Gasteiger partial charge in [-0.25, -0.2) is 0 Å². The molecule has 0 aliphatic carbocycles. The molecule has 4 atom stereocenters. The van der Waals surface area contributed by atoms with E-state index in [0.29, 0.717) is 12.8 Å². The summed E-state index contributed by atoms with van der Waals surface area (Å²) in [4.78, 5) is 23.9. The standard InChI is InChI=1S/C39H68O8/c1-4-5-18-25-34(40)26-20-15-12-13-16-21-27-36(42)37(43)28-23-30-39(45)47-32-35(41)31-46-38(44)29-22-17-11-9-7-6-8-10-14-19-24-33(2)3/h12-13,15-16,20-21,26-27,33-37,40-43H,4-11,14,17-19,22-25,28-32H2,1-3H3/b15-12-,16-13+,26-20+,27-21+/t34-,35+,36-,37-/m1/s1. The highest BCUT2D eigenvalue weighted by atomic mass is 16.6. The molecule has 0 saturated heterocycles. The smallest absolute Gasteiger partial charge is 0.305 e. The minimum Gasteiger partial charge on any atom is -0.463 e. The first kappa shape index (κ1) is 44.7. The summed E-state index contributed by atoms with van der Waals surface area (Å²) in [5.74, 6) is -0.0797. The zero-order valence-electron chi connectivity index (χ0n) is 29.8. The van der Waals surface area contributed by atoms with Gasteiger partial charge >= 0.3 is 11.9 Å². The Balaban J connectivity index is 3.82. The van der Waals surface area contributed by atoms with Crippen molar-refractivity contribution in [1.29, 1.82) is 0 Å². The molecule has 8 heteroatoms. The minimum absolute atomic E-state index is 0.0316. The zero-order chi connectivity index (χ0) is 35.0. The second-order valence-electron chi connectivity index (χ2n) is 13.0. The fraction of sp³-hybridized carbons (Fsp3) is 0.744. The van der Waals surface area contributed by atoms with E-state index in [1.807, 2.05) is 6.08 Å². The number of esters is 2. The number of ether oxygens (including phenoxy) is 2. The molecule has 0 aromatic carbocycles. The molecule has 0 radical (unpaired) electrons. The van der Waals surface area contributed by atoms with E-state index in [2.05, 4.69) is 20.8 Å². The Bertz CT molecular complexity index is 863. The van der Waals surface area contributed by atoms with Crippen LogP contribution in [0.4, 0.5) is 0 Å². The minimum atomic E-state index is -1.09. The van der Waals surface area contributed by atoms with Crippen molar-refractivity contribution in [2.24, 2.45) is 5.92 Å². The van der Waals surface area contributed by atoms with Gasteiger partial charge in [0, 0.05) is 12.8 Å². The molecule has 0 aromatic rings. The summed E-state index contributed by atoms with van der Waals surface area (Å²) in [5, 5.41) is 40.0. The molecular weight excluding hydrogens is 596 g/mol. The molecule has 0 heterocycles. The number of unbranched alkanes of at least 4 members (excludes halogenated alkanes) is 11. The van der Waals surface area contributed by atoms with Gasteiger partial charge in [0.2, 0.25) is 0 Å². The van der Waals surface area contributed by atoms with Crippen LogP contribution in [0.25, 0.3) is 0 Å². The molecule has 0 bridgehead atoms. The third-order valence-corrected chi connectivity index (χ3v) is 7.86. The maximum absolute atomic E-state index is 12.0. The summed E-state index contributed by atoms with van der Waals surface area (Å²) >= 11 is 0. The molecule has 0 aliphatic heterocycles. The number of aliphatic hydroxyl groups excluding tert-OH is 4. The van der Waals surface area contributed by atoms with E-state index >= 15 is 0 Å². The van der Waals surface area contributed by atoms with Gasteiger partial charge in [-0.3, -0.25) is 9.59 Å². The van der Waals surface area contributed by atoms with E-state index < -0.39 is 30.4 Å². The molecule has 0 amide bonds. The first-order valence-corrected chi connectivity index (χ1v) is 18.4. The van der Waals surface area contributed by atoms with E-state index in [4.69, 9.17) is 9.47 Å². The number of carbonyl (C=O) groups excluding carboxylic acids is 2. The van der Waals surface area contributed by atoms with Gasteiger partial charge in [0.1, 0.15) is 19.3 Å². The number of carbonyl (C=O) groups is 2. The highest BCUT2D eigenvalue weighted by Crippen LogP contribution is 2.14. The fourth-order valence-electron chi connectivity index (χ4n) is 4.89. The molecule has 272 valence electrons. The first-order chi connectivity index (χ1) is 22.6. The second-order valence-corrected chi connectivity index (χ2v) is 13.0. The molecule has 0 aliphatic rings. The van der Waals surface area contributed by atoms with E-state index in [0.717, 1.165) is 50.9 Å². The number of aliphatic hydroxyl groups is 4. The van der Waals surface area contributed by atoms with Crippen molar-refractivity contribution in [2.45, 2.75) is 167 Å². The van der Waals surface area contributed by atoms with Gasteiger partial charge in [-0.1, -0.05) is 153 Å². The molecule has 0 unspecified atom stereocenters. The van der Waals surface area contributed by atoms with Gasteiger partial charge in [-0.2, -0.15) is 0 Å². The summed E-state index contributed by atoms with van der Waals surface area (Å²) in [6.07, 6.45) is 28.3. The Kier molecular flexibility index (Phi) is 30.7. The van der Waals surface area contributed by atoms with Crippen molar-refractivity contribution in [1.82, 2.24) is 0 Å². The van der Waals surface area contributed by atoms with Crippen LogP contribution in [0, 0.1) is 5.92 Å². The highest BCUT2D eigenvalue weighted by Gasteiger charge is 2.15. The summed E-state index contributed by atoms with van der Waals surface area (Å²) in [7, 11) is 0. The van der Waals surface area contributed by atoms with Gasteiger partial charge < -0.3 is 29.9 Å². The van der Waals surface area contributed by atoms with Crippen molar-refractivity contribution < 1.29 is 39.5 Å². The van der Waals surface area contributed by atoms with Crippen LogP contribution in [0.5, 0.6) is 0 Å². The van der Waals surface area contributed by atoms with E-state index in [1.165, 1.54) is 57.4 Å². The molecule has 47 heavy (non-hydrogen) atoms. The van der Waals surface area contributed by atoms with Crippen molar-refractivity contribution in [3.63, 3.8) is 0 Å². The van der Waals surface area contributed by atoms with E-state index in [9.17, 15) is 30.0 Å². The van der Waals surface area contributed by atoms with Gasteiger partial charge in [-0.15, -0.1) is 0 Å². The molecule has 0 spiro atoms. The summed E-state index contributed by atoms with van der Waals surface area (Å²) in [5.41, 5.74) is 0. The average Bonchev–Trinajstić information content (AvgIpc) is 3.04. The number of rotatable bonds is 31. The first-order valence-electron chi connectivity index (χ1n) is 18.4. The molecule has 0 aromatic heterocycles. The van der Waals surface area contributed by atoms with Crippen LogP contribution in [-0.2, 0) is 19.1 Å². The van der Waals surface area contributed by atoms with Crippen LogP contribution in [0.2, 0.25) is 0 Å². The third kappa shape index (κ3) is 32.1. The zero-order valence-corrected chi connectivity index (χ0v) is 29.8. The second kappa shape index (κ2) is 32.3. The summed E-state index contributed by atoms with van der Waals surface area (Å²) in [6, 6.07) is 0. The molecular formula is C39H68O8. The lowest BCUT2D eigenvalue weighted by Crippen LogP contribution is -2.26. The Morgan fingerprint density at radius 1 is 0.553 bits per heavy atom. The maximum Gasteiger partial charge on any atom is 0.305 e. The Morgan fingerprint density at radius 3 is 1.57 bits per heavy atom. The van der Waals surface area contributed by atoms with Gasteiger partial charge in [0.25, 0.3) is 0 Å². The Labute approximate surface area is 286 Å². The van der Waals surface area contributed by atoms with Crippen LogP contribution < -0.4 is 0 Å². The molecule has 0 saturated carbocycles. The highest BCUT2D eigenvalue weighted by molar-refractivity contribution is 5.69. The van der Waals surface area contributed by atoms with E-state index in [1.54, 1.807) is 36.5 Å². The summed E-state index contributed by atoms with van der Waals surface area (Å²) < 4.78 is 10.1. The number of allylic oxidation sites excluding steroid dienone is 6. The predicted octanol–water partition coefficient (Wildman–Crippen LogP) is 7.83. The Hall–Kier alpha value is -2.26. The van der Waals surface area contributed by atoms with Crippen molar-refractivity contribution in [3.05, 3.63) is 48.6 Å². The van der Waals surface area contributed by atoms with Crippen molar-refractivity contribution >= 4 is 11.9 Å². The van der Waals surface area contributed by atoms with Crippen LogP contribution in [-0.4, -0.2) is 70.0 Å². The van der Waals surface area contributed by atoms with Gasteiger partial charge in [0.15, 0.2) is 0 Å². The van der Waals surface area contributed by atoms with Crippen molar-refractivity contribution in [2.75, 3.05) is 13.2 Å². The SMILES string of the molecule is CCCCC[C@@H](O)/C=C/C=C\C=C\C=C\[C@@H](O)[C@H](O)CCCC(=O)OC[C@@H](O)COC(=O)CCCCCCCCCCCCC(C)C.